The lowest BCUT2D eigenvalue weighted by Gasteiger charge is -2.13. The maximum absolute atomic E-state index is 5.76. The number of rotatable bonds is 6. The summed E-state index contributed by atoms with van der Waals surface area (Å²) in [7, 11) is 0. The normalized spacial score (nSPS) is 11.1. The van der Waals surface area contributed by atoms with E-state index in [2.05, 4.69) is 21.7 Å². The zero-order chi connectivity index (χ0) is 20.3. The van der Waals surface area contributed by atoms with Crippen LogP contribution in [0.5, 0.6) is 5.75 Å². The Bertz CT molecular complexity index is 1310. The molecule has 0 atom stereocenters. The van der Waals surface area contributed by atoms with E-state index in [0.29, 0.717) is 13.2 Å². The molecule has 0 radical (unpaired) electrons. The third-order valence-corrected chi connectivity index (χ3v) is 5.02. The van der Waals surface area contributed by atoms with Gasteiger partial charge in [0.2, 0.25) is 0 Å². The topological polar surface area (TPSA) is 64.3 Å². The standard InChI is InChI=1S/C24H21N5O/c1-2-30-21-15-9-6-12-18(21)16-25-23-19-13-7-8-14-20(19)29-24(26-23)22(27-28-29)17-10-4-3-5-11-17/h3-15H,2,16H2,1H3,(H,25,26). The molecule has 0 amide bonds. The molecule has 0 aliphatic heterocycles. The largest absolute Gasteiger partial charge is 0.494 e. The minimum atomic E-state index is 0.603. The first kappa shape index (κ1) is 18.1. The summed E-state index contributed by atoms with van der Waals surface area (Å²) in [5.74, 6) is 1.68. The highest BCUT2D eigenvalue weighted by Crippen LogP contribution is 2.28. The van der Waals surface area contributed by atoms with Crippen molar-refractivity contribution >= 4 is 22.4 Å². The number of fused-ring (bicyclic) bond motifs is 3. The molecule has 148 valence electrons. The number of nitrogens with one attached hydrogen (secondary N) is 1. The lowest BCUT2D eigenvalue weighted by Crippen LogP contribution is -2.06. The molecule has 6 heteroatoms. The van der Waals surface area contributed by atoms with E-state index in [9.17, 15) is 0 Å². The molecule has 30 heavy (non-hydrogen) atoms. The van der Waals surface area contributed by atoms with Crippen LogP contribution in [0.25, 0.3) is 27.8 Å². The Morgan fingerprint density at radius 1 is 0.900 bits per heavy atom. The van der Waals surface area contributed by atoms with Crippen LogP contribution in [0.2, 0.25) is 0 Å². The minimum absolute atomic E-state index is 0.603. The fourth-order valence-electron chi connectivity index (χ4n) is 3.61. The molecule has 0 aliphatic rings. The molecule has 2 aromatic heterocycles. The van der Waals surface area contributed by atoms with Crippen LogP contribution in [0.4, 0.5) is 5.82 Å². The maximum atomic E-state index is 5.76. The third-order valence-electron chi connectivity index (χ3n) is 5.02. The second kappa shape index (κ2) is 7.83. The monoisotopic (exact) mass is 395 g/mol. The quantitative estimate of drug-likeness (QED) is 0.440. The highest BCUT2D eigenvalue weighted by Gasteiger charge is 2.15. The van der Waals surface area contributed by atoms with Crippen LogP contribution in [0.1, 0.15) is 12.5 Å². The van der Waals surface area contributed by atoms with Crippen LogP contribution in [-0.2, 0) is 6.54 Å². The number of benzene rings is 3. The zero-order valence-electron chi connectivity index (χ0n) is 16.6. The van der Waals surface area contributed by atoms with Gasteiger partial charge in [-0.15, -0.1) is 5.10 Å². The van der Waals surface area contributed by atoms with Gasteiger partial charge < -0.3 is 10.1 Å². The van der Waals surface area contributed by atoms with Crippen molar-refractivity contribution in [1.29, 1.82) is 0 Å². The van der Waals surface area contributed by atoms with Crippen LogP contribution >= 0.6 is 0 Å². The van der Waals surface area contributed by atoms with Crippen LogP contribution < -0.4 is 10.1 Å². The molecule has 1 N–H and O–H groups in total. The van der Waals surface area contributed by atoms with Crippen molar-refractivity contribution < 1.29 is 4.74 Å². The Labute approximate surface area is 174 Å². The van der Waals surface area contributed by atoms with Crippen LogP contribution in [0.15, 0.2) is 78.9 Å². The lowest BCUT2D eigenvalue weighted by atomic mass is 10.1. The Kier molecular flexibility index (Phi) is 4.73. The second-order valence-corrected chi connectivity index (χ2v) is 6.91. The third kappa shape index (κ3) is 3.22. The van der Waals surface area contributed by atoms with Crippen molar-refractivity contribution in [1.82, 2.24) is 19.8 Å². The van der Waals surface area contributed by atoms with Crippen molar-refractivity contribution in [2.24, 2.45) is 0 Å². The van der Waals surface area contributed by atoms with Gasteiger partial charge in [0.1, 0.15) is 17.3 Å². The molecule has 0 saturated carbocycles. The van der Waals surface area contributed by atoms with E-state index in [1.807, 2.05) is 79.7 Å². The first-order valence-electron chi connectivity index (χ1n) is 9.99. The lowest BCUT2D eigenvalue weighted by molar-refractivity contribution is 0.337. The number of hydrogen-bond acceptors (Lipinski definition) is 5. The number of aromatic nitrogens is 4. The predicted octanol–water partition coefficient (Wildman–Crippen LogP) is 4.96. The molecule has 0 spiro atoms. The van der Waals surface area contributed by atoms with Gasteiger partial charge in [0.25, 0.3) is 0 Å². The molecule has 3 aromatic carbocycles. The molecule has 0 fully saturated rings. The van der Waals surface area contributed by atoms with Crippen molar-refractivity contribution in [3.05, 3.63) is 84.4 Å². The average molecular weight is 395 g/mol. The summed E-state index contributed by atoms with van der Waals surface area (Å²) in [5, 5.41) is 13.3. The summed E-state index contributed by atoms with van der Waals surface area (Å²) in [4.78, 5) is 4.92. The van der Waals surface area contributed by atoms with Crippen molar-refractivity contribution in [2.75, 3.05) is 11.9 Å². The van der Waals surface area contributed by atoms with E-state index >= 15 is 0 Å². The smallest absolute Gasteiger partial charge is 0.186 e. The van der Waals surface area contributed by atoms with E-state index in [0.717, 1.165) is 44.9 Å². The second-order valence-electron chi connectivity index (χ2n) is 6.91. The summed E-state index contributed by atoms with van der Waals surface area (Å²) in [6.07, 6.45) is 0. The van der Waals surface area contributed by atoms with Crippen LogP contribution in [0.3, 0.4) is 0 Å². The summed E-state index contributed by atoms with van der Waals surface area (Å²) >= 11 is 0. The minimum Gasteiger partial charge on any atom is -0.494 e. The number of nitrogens with zero attached hydrogens (tertiary/aromatic N) is 4. The van der Waals surface area contributed by atoms with Crippen molar-refractivity contribution in [2.45, 2.75) is 13.5 Å². The van der Waals surface area contributed by atoms with Gasteiger partial charge >= 0.3 is 0 Å². The van der Waals surface area contributed by atoms with Crippen molar-refractivity contribution in [3.8, 4) is 17.0 Å². The molecular formula is C24H21N5O. The van der Waals surface area contributed by atoms with Gasteiger partial charge in [-0.05, 0) is 25.1 Å². The van der Waals surface area contributed by atoms with Crippen LogP contribution in [0, 0.1) is 0 Å². The van der Waals surface area contributed by atoms with Gasteiger partial charge in [-0.3, -0.25) is 0 Å². The molecule has 2 heterocycles. The van der Waals surface area contributed by atoms with Gasteiger partial charge in [0, 0.05) is 23.1 Å². The Balaban J connectivity index is 1.60. The molecular weight excluding hydrogens is 374 g/mol. The van der Waals surface area contributed by atoms with E-state index in [1.165, 1.54) is 0 Å². The van der Waals surface area contributed by atoms with E-state index in [1.54, 1.807) is 4.52 Å². The molecule has 0 aliphatic carbocycles. The molecule has 0 unspecified atom stereocenters. The van der Waals surface area contributed by atoms with E-state index in [4.69, 9.17) is 9.72 Å². The Hall–Kier alpha value is -3.93. The first-order chi connectivity index (χ1) is 14.8. The van der Waals surface area contributed by atoms with E-state index in [-0.39, 0.29) is 0 Å². The summed E-state index contributed by atoms with van der Waals surface area (Å²) in [5.41, 5.74) is 4.51. The molecule has 6 nitrogen and oxygen atoms in total. The number of hydrogen-bond donors (Lipinski definition) is 1. The summed E-state index contributed by atoms with van der Waals surface area (Å²) in [6.45, 7) is 3.22. The van der Waals surface area contributed by atoms with E-state index < -0.39 is 0 Å². The van der Waals surface area contributed by atoms with Crippen molar-refractivity contribution in [3.63, 3.8) is 0 Å². The summed E-state index contributed by atoms with van der Waals surface area (Å²) in [6, 6.07) is 26.1. The molecule has 0 bridgehead atoms. The molecule has 5 aromatic rings. The molecule has 5 rings (SSSR count). The SMILES string of the molecule is CCOc1ccccc1CNc1nc2c(-c3ccccc3)nnn2c2ccccc12. The van der Waals surface area contributed by atoms with Gasteiger partial charge in [-0.25, -0.2) is 4.98 Å². The molecule has 0 saturated heterocycles. The van der Waals surface area contributed by atoms with Gasteiger partial charge in [-0.2, -0.15) is 4.52 Å². The Morgan fingerprint density at radius 3 is 2.53 bits per heavy atom. The fourth-order valence-corrected chi connectivity index (χ4v) is 3.61. The van der Waals surface area contributed by atoms with Gasteiger partial charge in [0.15, 0.2) is 5.65 Å². The first-order valence-corrected chi connectivity index (χ1v) is 9.99. The average Bonchev–Trinajstić information content (AvgIpc) is 3.23. The number of anilines is 1. The zero-order valence-corrected chi connectivity index (χ0v) is 16.6. The fraction of sp³-hybridized carbons (Fsp3) is 0.125. The Morgan fingerprint density at radius 2 is 1.67 bits per heavy atom. The number of para-hydroxylation sites is 2. The maximum Gasteiger partial charge on any atom is 0.186 e. The highest BCUT2D eigenvalue weighted by atomic mass is 16.5. The predicted molar refractivity (Wildman–Crippen MR) is 119 cm³/mol. The van der Waals surface area contributed by atoms with Gasteiger partial charge in [-0.1, -0.05) is 65.9 Å². The summed E-state index contributed by atoms with van der Waals surface area (Å²) < 4.78 is 7.57. The van der Waals surface area contributed by atoms with Gasteiger partial charge in [0.05, 0.1) is 12.1 Å². The van der Waals surface area contributed by atoms with Crippen LogP contribution in [-0.4, -0.2) is 26.4 Å². The number of ether oxygens (including phenoxy) is 1. The highest BCUT2D eigenvalue weighted by molar-refractivity contribution is 5.93.